The third-order valence-electron chi connectivity index (χ3n) is 8.04. The van der Waals surface area contributed by atoms with E-state index in [4.69, 9.17) is 33.8 Å². The van der Waals surface area contributed by atoms with Gasteiger partial charge in [0.25, 0.3) is 0 Å². The Hall–Kier alpha value is -5.31. The Morgan fingerprint density at radius 2 is 1.61 bits per heavy atom. The number of hydrogen-bond acceptors (Lipinski definition) is 11. The lowest BCUT2D eigenvalue weighted by Gasteiger charge is -2.30. The number of imidazole rings is 1. The zero-order valence-corrected chi connectivity index (χ0v) is 28.5. The summed E-state index contributed by atoms with van der Waals surface area (Å²) < 4.78 is 0. The Morgan fingerprint density at radius 1 is 0.941 bits per heavy atom. The van der Waals surface area contributed by atoms with Gasteiger partial charge >= 0.3 is 5.97 Å². The van der Waals surface area contributed by atoms with Gasteiger partial charge in [-0.3, -0.25) is 38.6 Å². The van der Waals surface area contributed by atoms with E-state index in [9.17, 15) is 33.6 Å². The van der Waals surface area contributed by atoms with Crippen LogP contribution in [0.1, 0.15) is 63.5 Å². The summed E-state index contributed by atoms with van der Waals surface area (Å²) >= 11 is 0. The summed E-state index contributed by atoms with van der Waals surface area (Å²) in [4.78, 5) is 102. The number of carboxylic acid groups (broad SMARTS) is 1. The maximum atomic E-state index is 13.9. The van der Waals surface area contributed by atoms with E-state index in [0.717, 1.165) is 0 Å². The number of H-pyrrole nitrogens is 1. The minimum atomic E-state index is -1.40. The molecule has 0 aromatic carbocycles. The highest BCUT2D eigenvalue weighted by molar-refractivity contribution is 5.96. The molecule has 0 unspecified atom stereocenters. The second-order valence-electron chi connectivity index (χ2n) is 12.1. The van der Waals surface area contributed by atoms with Crippen molar-refractivity contribution in [3.05, 3.63) is 18.2 Å². The van der Waals surface area contributed by atoms with E-state index in [1.54, 1.807) is 0 Å². The van der Waals surface area contributed by atoms with Gasteiger partial charge in [-0.25, -0.2) is 4.98 Å². The van der Waals surface area contributed by atoms with Crippen LogP contribution in [-0.4, -0.2) is 124 Å². The summed E-state index contributed by atoms with van der Waals surface area (Å²) in [5.74, 6) is -5.71. The molecule has 5 atom stereocenters. The highest BCUT2D eigenvalue weighted by atomic mass is 16.4. The first-order chi connectivity index (χ1) is 24.2. The number of likely N-dealkylation sites (tertiary alicyclic amines) is 1. The first-order valence-electron chi connectivity index (χ1n) is 16.7. The number of nitrogens with zero attached hydrogens (tertiary/aromatic N) is 3. The molecule has 2 heterocycles. The summed E-state index contributed by atoms with van der Waals surface area (Å²) in [6.07, 6.45) is 4.74. The lowest BCUT2D eigenvalue weighted by molar-refractivity contribution is -0.143. The van der Waals surface area contributed by atoms with Crippen LogP contribution in [0.4, 0.5) is 0 Å². The zero-order valence-electron chi connectivity index (χ0n) is 28.5. The molecule has 1 aliphatic heterocycles. The van der Waals surface area contributed by atoms with Gasteiger partial charge < -0.3 is 64.9 Å². The lowest BCUT2D eigenvalue weighted by Crippen LogP contribution is -2.59. The van der Waals surface area contributed by atoms with Crippen LogP contribution < -0.4 is 49.9 Å². The smallest absolute Gasteiger partial charge is 0.322 e. The average Bonchev–Trinajstić information content (AvgIpc) is 3.78. The minimum absolute atomic E-state index is 0.0509. The molecule has 0 aliphatic carbocycles. The van der Waals surface area contributed by atoms with Crippen molar-refractivity contribution in [3.8, 4) is 0 Å². The van der Waals surface area contributed by atoms with Crippen molar-refractivity contribution in [2.75, 3.05) is 26.2 Å². The van der Waals surface area contributed by atoms with Crippen LogP contribution in [0.3, 0.4) is 0 Å². The number of amides is 6. The number of carbonyl (C=O) groups is 7. The van der Waals surface area contributed by atoms with E-state index in [2.05, 4.69) is 36.2 Å². The fourth-order valence-corrected chi connectivity index (χ4v) is 5.39. The van der Waals surface area contributed by atoms with Crippen molar-refractivity contribution < 1.29 is 38.7 Å². The fourth-order valence-electron chi connectivity index (χ4n) is 5.39. The Morgan fingerprint density at radius 3 is 2.22 bits per heavy atom. The number of rotatable bonds is 23. The van der Waals surface area contributed by atoms with Crippen molar-refractivity contribution in [2.24, 2.45) is 33.7 Å². The van der Waals surface area contributed by atoms with Crippen LogP contribution in [0.2, 0.25) is 0 Å². The molecule has 1 fully saturated rings. The number of guanidine groups is 1. The number of nitrogens with one attached hydrogen (secondary N) is 5. The van der Waals surface area contributed by atoms with Crippen molar-refractivity contribution in [1.29, 1.82) is 0 Å². The lowest BCUT2D eigenvalue weighted by atomic mass is 10.0. The molecule has 284 valence electrons. The Kier molecular flexibility index (Phi) is 17.8. The number of hydrogen-bond donors (Lipinski definition) is 11. The summed E-state index contributed by atoms with van der Waals surface area (Å²) in [7, 11) is 0. The van der Waals surface area contributed by atoms with Crippen LogP contribution in [-0.2, 0) is 40.0 Å². The molecular weight excluding hydrogens is 670 g/mol. The van der Waals surface area contributed by atoms with Gasteiger partial charge in [0.2, 0.25) is 35.4 Å². The number of carbonyl (C=O) groups excluding carboxylic acids is 6. The van der Waals surface area contributed by atoms with E-state index in [-0.39, 0.29) is 57.6 Å². The number of aliphatic imine (C=N–C) groups is 1. The summed E-state index contributed by atoms with van der Waals surface area (Å²) in [6.45, 7) is 0.0903. The largest absolute Gasteiger partial charge is 0.480 e. The molecule has 0 radical (unpaired) electrons. The zero-order chi connectivity index (χ0) is 37.9. The van der Waals surface area contributed by atoms with E-state index in [0.29, 0.717) is 37.9 Å². The molecule has 1 saturated heterocycles. The van der Waals surface area contributed by atoms with Crippen LogP contribution in [0.15, 0.2) is 17.5 Å². The number of carboxylic acids is 1. The van der Waals surface area contributed by atoms with Crippen molar-refractivity contribution in [1.82, 2.24) is 36.1 Å². The molecule has 21 heteroatoms. The topological polar surface area (TPSA) is 362 Å². The van der Waals surface area contributed by atoms with E-state index >= 15 is 0 Å². The van der Waals surface area contributed by atoms with Gasteiger partial charge in [-0.15, -0.1) is 0 Å². The van der Waals surface area contributed by atoms with Gasteiger partial charge in [0, 0.05) is 37.8 Å². The van der Waals surface area contributed by atoms with E-state index < -0.39 is 78.2 Å². The van der Waals surface area contributed by atoms with E-state index in [1.165, 1.54) is 17.4 Å². The van der Waals surface area contributed by atoms with Crippen molar-refractivity contribution in [3.63, 3.8) is 0 Å². The van der Waals surface area contributed by atoms with Gasteiger partial charge in [-0.1, -0.05) is 6.42 Å². The second-order valence-corrected chi connectivity index (χ2v) is 12.1. The number of nitrogens with two attached hydrogens (primary N) is 5. The van der Waals surface area contributed by atoms with Crippen LogP contribution in [0.25, 0.3) is 0 Å². The van der Waals surface area contributed by atoms with Crippen molar-refractivity contribution in [2.45, 2.75) is 94.4 Å². The standard InChI is InChI=1S/C30H51N13O8/c31-10-2-1-5-18(32)25(47)40-19(6-3-11-37-30(34)35)26(48)41-20(8-9-23(33)44)27(49)42-21(13-17-14-36-16-39-17)29(51)43-12-4-7-22(43)28(50)38-15-24(45)46/h14,16,18-22H,1-13,15,31-32H2,(H2,33,44)(H,36,39)(H,38,50)(H,40,47)(H,41,48)(H,42,49)(H,45,46)(H4,34,35,37)/t18-,19-,20-,21-,22-/m0/s1. The third-order valence-corrected chi connectivity index (χ3v) is 8.04. The Bertz CT molecular complexity index is 1370. The van der Waals surface area contributed by atoms with E-state index in [1.807, 2.05) is 0 Å². The SMILES string of the molecule is NCCCC[C@H](N)C(=O)N[C@@H](CCCN=C(N)N)C(=O)N[C@@H](CCC(N)=O)C(=O)N[C@@H](Cc1cnc[nH]1)C(=O)N1CCC[C@H]1C(=O)NCC(=O)O. The molecule has 51 heavy (non-hydrogen) atoms. The molecule has 2 rings (SSSR count). The predicted molar refractivity (Wildman–Crippen MR) is 183 cm³/mol. The molecule has 16 N–H and O–H groups in total. The maximum absolute atomic E-state index is 13.9. The number of primary amides is 1. The quantitative estimate of drug-likeness (QED) is 0.0288. The third kappa shape index (κ3) is 15.0. The Labute approximate surface area is 294 Å². The predicted octanol–water partition coefficient (Wildman–Crippen LogP) is -4.63. The van der Waals surface area contributed by atoms with Gasteiger partial charge in [0.15, 0.2) is 5.96 Å². The van der Waals surface area contributed by atoms with Gasteiger partial charge in [0.1, 0.15) is 30.7 Å². The Balaban J connectivity index is 2.30. The van der Waals surface area contributed by atoms with Gasteiger partial charge in [0.05, 0.1) is 12.4 Å². The molecule has 0 bridgehead atoms. The summed E-state index contributed by atoms with van der Waals surface area (Å²) in [6, 6.07) is -5.78. The highest BCUT2D eigenvalue weighted by Crippen LogP contribution is 2.20. The summed E-state index contributed by atoms with van der Waals surface area (Å²) in [5, 5.41) is 19.0. The van der Waals surface area contributed by atoms with Crippen LogP contribution >= 0.6 is 0 Å². The van der Waals surface area contributed by atoms with Gasteiger partial charge in [-0.05, 0) is 51.5 Å². The number of unbranched alkanes of at least 4 members (excludes halogenated alkanes) is 1. The number of aromatic nitrogens is 2. The van der Waals surface area contributed by atoms with Crippen molar-refractivity contribution >= 4 is 47.4 Å². The molecule has 0 spiro atoms. The second kappa shape index (κ2) is 21.7. The fraction of sp³-hybridized carbons (Fsp3) is 0.633. The first kappa shape index (κ1) is 41.9. The first-order valence-corrected chi connectivity index (χ1v) is 16.7. The molecule has 1 aromatic heterocycles. The average molecular weight is 722 g/mol. The van der Waals surface area contributed by atoms with Crippen LogP contribution in [0.5, 0.6) is 0 Å². The molecule has 1 aliphatic rings. The molecule has 0 saturated carbocycles. The summed E-state index contributed by atoms with van der Waals surface area (Å²) in [5.41, 5.74) is 28.2. The minimum Gasteiger partial charge on any atom is -0.480 e. The molecule has 1 aromatic rings. The number of aliphatic carboxylic acids is 1. The maximum Gasteiger partial charge on any atom is 0.322 e. The molecule has 6 amide bonds. The highest BCUT2D eigenvalue weighted by Gasteiger charge is 2.39. The monoisotopic (exact) mass is 721 g/mol. The van der Waals surface area contributed by atoms with Gasteiger partial charge in [-0.2, -0.15) is 0 Å². The number of aromatic amines is 1. The normalized spacial score (nSPS) is 16.2. The molecule has 21 nitrogen and oxygen atoms in total. The molecular formula is C30H51N13O8. The van der Waals surface area contributed by atoms with Crippen LogP contribution in [0, 0.1) is 0 Å².